The summed E-state index contributed by atoms with van der Waals surface area (Å²) in [7, 11) is 0. The molecule has 0 saturated carbocycles. The summed E-state index contributed by atoms with van der Waals surface area (Å²) in [4.78, 5) is 11.9. The summed E-state index contributed by atoms with van der Waals surface area (Å²) in [6, 6.07) is 14.7. The largest absolute Gasteiger partial charge is 0.493 e. The third kappa shape index (κ3) is 5.84. The molecule has 1 N–H and O–H groups in total. The maximum absolute atomic E-state index is 11.9. The molecule has 0 aliphatic heterocycles. The number of carbonyl (C=O) groups excluding carboxylic acids is 1. The zero-order chi connectivity index (χ0) is 17.9. The maximum Gasteiger partial charge on any atom is 0.277 e. The average Bonchev–Trinajstić information content (AvgIpc) is 2.63. The summed E-state index contributed by atoms with van der Waals surface area (Å²) in [6.07, 6.45) is 1.54. The van der Waals surface area contributed by atoms with Crippen LogP contribution in [0.15, 0.2) is 53.6 Å². The molecule has 25 heavy (non-hydrogen) atoms. The third-order valence-corrected chi connectivity index (χ3v) is 3.12. The van der Waals surface area contributed by atoms with Crippen LogP contribution in [-0.2, 0) is 4.79 Å². The highest BCUT2D eigenvalue weighted by atomic mass is 16.5. The number of amides is 1. The molecule has 6 heteroatoms. The summed E-state index contributed by atoms with van der Waals surface area (Å²) in [5.74, 6) is 1.47. The van der Waals surface area contributed by atoms with E-state index in [-0.39, 0.29) is 12.5 Å². The molecule has 0 radical (unpaired) electrons. The van der Waals surface area contributed by atoms with E-state index >= 15 is 0 Å². The average molecular weight is 342 g/mol. The van der Waals surface area contributed by atoms with Crippen molar-refractivity contribution in [1.82, 2.24) is 5.43 Å². The molecule has 0 aromatic heterocycles. The molecule has 0 fully saturated rings. The fourth-order valence-electron chi connectivity index (χ4n) is 2.07. The van der Waals surface area contributed by atoms with Crippen molar-refractivity contribution in [3.63, 3.8) is 0 Å². The van der Waals surface area contributed by atoms with Gasteiger partial charge in [0.1, 0.15) is 5.75 Å². The van der Waals surface area contributed by atoms with Gasteiger partial charge >= 0.3 is 0 Å². The standard InChI is InChI=1S/C19H22N2O4/c1-3-23-16-10-6-5-9-15(16)13-20-21-19(22)14-25-18-12-8-7-11-17(18)24-4-2/h5-13H,3-4,14H2,1-2H3,(H,21,22)/b20-13+. The molecule has 2 aromatic rings. The van der Waals surface area contributed by atoms with Gasteiger partial charge in [0.15, 0.2) is 18.1 Å². The zero-order valence-electron chi connectivity index (χ0n) is 14.4. The summed E-state index contributed by atoms with van der Waals surface area (Å²) in [5, 5.41) is 3.94. The fraction of sp³-hybridized carbons (Fsp3) is 0.263. The third-order valence-electron chi connectivity index (χ3n) is 3.12. The fourth-order valence-corrected chi connectivity index (χ4v) is 2.07. The van der Waals surface area contributed by atoms with E-state index < -0.39 is 0 Å². The van der Waals surface area contributed by atoms with Gasteiger partial charge in [-0.3, -0.25) is 4.79 Å². The van der Waals surface area contributed by atoms with Gasteiger partial charge in [-0.2, -0.15) is 5.10 Å². The van der Waals surface area contributed by atoms with Crippen LogP contribution in [0.5, 0.6) is 17.2 Å². The van der Waals surface area contributed by atoms with E-state index in [0.717, 1.165) is 5.56 Å². The molecule has 0 aliphatic rings. The monoisotopic (exact) mass is 342 g/mol. The minimum Gasteiger partial charge on any atom is -0.493 e. The Hall–Kier alpha value is -3.02. The van der Waals surface area contributed by atoms with Crippen molar-refractivity contribution in [3.05, 3.63) is 54.1 Å². The van der Waals surface area contributed by atoms with Crippen molar-refractivity contribution < 1.29 is 19.0 Å². The molecule has 6 nitrogen and oxygen atoms in total. The lowest BCUT2D eigenvalue weighted by Crippen LogP contribution is -2.24. The Morgan fingerprint density at radius 1 is 0.920 bits per heavy atom. The van der Waals surface area contributed by atoms with Crippen molar-refractivity contribution in [2.45, 2.75) is 13.8 Å². The highest BCUT2D eigenvalue weighted by Gasteiger charge is 2.06. The van der Waals surface area contributed by atoms with Crippen LogP contribution < -0.4 is 19.6 Å². The number of nitrogens with zero attached hydrogens (tertiary/aromatic N) is 1. The van der Waals surface area contributed by atoms with Crippen LogP contribution in [0.3, 0.4) is 0 Å². The first-order chi connectivity index (χ1) is 12.2. The van der Waals surface area contributed by atoms with Crippen molar-refractivity contribution in [2.24, 2.45) is 5.10 Å². The van der Waals surface area contributed by atoms with Crippen molar-refractivity contribution in [1.29, 1.82) is 0 Å². The number of ether oxygens (including phenoxy) is 3. The van der Waals surface area contributed by atoms with Gasteiger partial charge in [0.2, 0.25) is 0 Å². The smallest absolute Gasteiger partial charge is 0.277 e. The minimum atomic E-state index is -0.364. The van der Waals surface area contributed by atoms with Crippen LogP contribution in [0.25, 0.3) is 0 Å². The molecule has 1 amide bonds. The quantitative estimate of drug-likeness (QED) is 0.562. The lowest BCUT2D eigenvalue weighted by atomic mass is 10.2. The lowest BCUT2D eigenvalue weighted by Gasteiger charge is -2.10. The molecule has 0 bridgehead atoms. The number of nitrogens with one attached hydrogen (secondary N) is 1. The molecular formula is C19H22N2O4. The first-order valence-corrected chi connectivity index (χ1v) is 8.13. The second-order valence-electron chi connectivity index (χ2n) is 4.93. The van der Waals surface area contributed by atoms with Crippen LogP contribution >= 0.6 is 0 Å². The summed E-state index contributed by atoms with van der Waals surface area (Å²) >= 11 is 0. The van der Waals surface area contributed by atoms with Gasteiger partial charge in [-0.1, -0.05) is 24.3 Å². The van der Waals surface area contributed by atoms with Crippen LogP contribution in [0.1, 0.15) is 19.4 Å². The molecule has 132 valence electrons. The summed E-state index contributed by atoms with van der Waals surface area (Å²) in [5.41, 5.74) is 3.22. The Bertz CT molecular complexity index is 716. The van der Waals surface area contributed by atoms with Crippen LogP contribution in [0.4, 0.5) is 0 Å². The van der Waals surface area contributed by atoms with Crippen molar-refractivity contribution >= 4 is 12.1 Å². The molecule has 0 spiro atoms. The van der Waals surface area contributed by atoms with E-state index in [2.05, 4.69) is 10.5 Å². The number of carbonyl (C=O) groups is 1. The number of benzene rings is 2. The number of rotatable bonds is 9. The normalized spacial score (nSPS) is 10.5. The van der Waals surface area contributed by atoms with E-state index in [1.807, 2.05) is 50.2 Å². The SMILES string of the molecule is CCOc1ccccc1/C=N/NC(=O)COc1ccccc1OCC. The molecule has 0 aliphatic carbocycles. The van der Waals surface area contributed by atoms with Crippen molar-refractivity contribution in [2.75, 3.05) is 19.8 Å². The minimum absolute atomic E-state index is 0.158. The van der Waals surface area contributed by atoms with E-state index in [1.165, 1.54) is 6.21 Å². The summed E-state index contributed by atoms with van der Waals surface area (Å²) in [6.45, 7) is 4.72. The Labute approximate surface area is 147 Å². The molecule has 0 heterocycles. The number of hydrogen-bond donors (Lipinski definition) is 1. The molecular weight excluding hydrogens is 320 g/mol. The number of para-hydroxylation sites is 3. The van der Waals surface area contributed by atoms with E-state index in [4.69, 9.17) is 14.2 Å². The summed E-state index contributed by atoms with van der Waals surface area (Å²) < 4.78 is 16.4. The first kappa shape index (κ1) is 18.3. The predicted octanol–water partition coefficient (Wildman–Crippen LogP) is 3.01. The van der Waals surface area contributed by atoms with Gasteiger partial charge in [0, 0.05) is 5.56 Å². The van der Waals surface area contributed by atoms with Gasteiger partial charge in [-0.25, -0.2) is 5.43 Å². The molecule has 0 unspecified atom stereocenters. The first-order valence-electron chi connectivity index (χ1n) is 8.13. The van der Waals surface area contributed by atoms with Crippen LogP contribution in [0.2, 0.25) is 0 Å². The zero-order valence-corrected chi connectivity index (χ0v) is 14.4. The molecule has 0 saturated heterocycles. The van der Waals surface area contributed by atoms with Crippen LogP contribution in [-0.4, -0.2) is 31.9 Å². The lowest BCUT2D eigenvalue weighted by molar-refractivity contribution is -0.123. The van der Waals surface area contributed by atoms with Crippen molar-refractivity contribution in [3.8, 4) is 17.2 Å². The van der Waals surface area contributed by atoms with Gasteiger partial charge in [0.25, 0.3) is 5.91 Å². The molecule has 2 aromatic carbocycles. The topological polar surface area (TPSA) is 69.2 Å². The Morgan fingerprint density at radius 3 is 2.16 bits per heavy atom. The predicted molar refractivity (Wildman–Crippen MR) is 96.5 cm³/mol. The Morgan fingerprint density at radius 2 is 1.48 bits per heavy atom. The van der Waals surface area contributed by atoms with E-state index in [1.54, 1.807) is 12.1 Å². The van der Waals surface area contributed by atoms with Crippen LogP contribution in [0, 0.1) is 0 Å². The van der Waals surface area contributed by atoms with Gasteiger partial charge in [-0.15, -0.1) is 0 Å². The van der Waals surface area contributed by atoms with Gasteiger partial charge in [-0.05, 0) is 38.1 Å². The maximum atomic E-state index is 11.9. The molecule has 0 atom stereocenters. The highest BCUT2D eigenvalue weighted by molar-refractivity contribution is 5.85. The second-order valence-corrected chi connectivity index (χ2v) is 4.93. The van der Waals surface area contributed by atoms with Gasteiger partial charge < -0.3 is 14.2 Å². The molecule has 2 rings (SSSR count). The van der Waals surface area contributed by atoms with Gasteiger partial charge in [0.05, 0.1) is 19.4 Å². The number of hydrogen-bond acceptors (Lipinski definition) is 5. The number of hydrazone groups is 1. The Kier molecular flexibility index (Phi) is 7.31. The van der Waals surface area contributed by atoms with E-state index in [0.29, 0.717) is 30.5 Å². The Balaban J connectivity index is 1.87. The second kappa shape index (κ2) is 9.97. The van der Waals surface area contributed by atoms with E-state index in [9.17, 15) is 4.79 Å². The highest BCUT2D eigenvalue weighted by Crippen LogP contribution is 2.26.